The van der Waals surface area contributed by atoms with Gasteiger partial charge in [-0.15, -0.1) is 0 Å². The first-order valence-electron chi connectivity index (χ1n) is 10.3. The summed E-state index contributed by atoms with van der Waals surface area (Å²) < 4.78 is 0. The lowest BCUT2D eigenvalue weighted by molar-refractivity contribution is 0.0602. The van der Waals surface area contributed by atoms with Gasteiger partial charge in [0, 0.05) is 24.0 Å². The van der Waals surface area contributed by atoms with Crippen LogP contribution in [0.5, 0.6) is 0 Å². The molecule has 1 aromatic carbocycles. The van der Waals surface area contributed by atoms with Crippen LogP contribution in [0.2, 0.25) is 0 Å². The van der Waals surface area contributed by atoms with E-state index in [9.17, 15) is 4.79 Å². The van der Waals surface area contributed by atoms with Crippen LogP contribution < -0.4 is 5.32 Å². The molecule has 1 atom stereocenters. The molecule has 1 aliphatic heterocycles. The molecule has 0 bridgehead atoms. The van der Waals surface area contributed by atoms with Gasteiger partial charge < -0.3 is 10.2 Å². The van der Waals surface area contributed by atoms with Crippen molar-refractivity contribution >= 4 is 17.5 Å². The van der Waals surface area contributed by atoms with Crippen LogP contribution in [0.3, 0.4) is 0 Å². The second-order valence-corrected chi connectivity index (χ2v) is 8.73. The first kappa shape index (κ1) is 20.3. The van der Waals surface area contributed by atoms with E-state index in [1.807, 2.05) is 24.0 Å². The minimum atomic E-state index is 0.0168. The number of rotatable bonds is 4. The van der Waals surface area contributed by atoms with Gasteiger partial charge in [-0.05, 0) is 61.8 Å². The Kier molecular flexibility index (Phi) is 6.01. The van der Waals surface area contributed by atoms with Gasteiger partial charge in [-0.25, -0.2) is 9.97 Å². The van der Waals surface area contributed by atoms with Gasteiger partial charge in [-0.3, -0.25) is 4.79 Å². The van der Waals surface area contributed by atoms with Crippen molar-refractivity contribution in [3.05, 3.63) is 47.3 Å². The summed E-state index contributed by atoms with van der Waals surface area (Å²) in [7, 11) is 0. The van der Waals surface area contributed by atoms with Crippen LogP contribution in [0.1, 0.15) is 75.1 Å². The van der Waals surface area contributed by atoms with Crippen molar-refractivity contribution in [1.29, 1.82) is 0 Å². The normalized spacial score (nSPS) is 17.5. The van der Waals surface area contributed by atoms with Crippen LogP contribution >= 0.6 is 0 Å². The van der Waals surface area contributed by atoms with Crippen LogP contribution in [0.4, 0.5) is 11.6 Å². The smallest absolute Gasteiger partial charge is 0.272 e. The summed E-state index contributed by atoms with van der Waals surface area (Å²) in [6.07, 6.45) is 4.33. The number of likely N-dealkylation sites (tertiary alicyclic amines) is 1. The minimum absolute atomic E-state index is 0.0168. The number of hydrogen-bond acceptors (Lipinski definition) is 4. The van der Waals surface area contributed by atoms with E-state index in [2.05, 4.69) is 55.1 Å². The Bertz CT molecular complexity index is 823. The zero-order valence-corrected chi connectivity index (χ0v) is 17.7. The summed E-state index contributed by atoms with van der Waals surface area (Å²) >= 11 is 0. The standard InChI is InChI=1S/C23H32N4O/c1-6-19-9-7-8-14-27(19)21(28)20-15-16(2)24-22(26-20)25-18-12-10-17(11-13-18)23(3,4)5/h10-13,15,19H,6-9,14H2,1-5H3,(H,24,25,26). The number of benzene rings is 1. The summed E-state index contributed by atoms with van der Waals surface area (Å²) in [6, 6.07) is 10.4. The molecule has 1 aliphatic rings. The summed E-state index contributed by atoms with van der Waals surface area (Å²) in [4.78, 5) is 24.1. The highest BCUT2D eigenvalue weighted by atomic mass is 16.2. The zero-order chi connectivity index (χ0) is 20.3. The fourth-order valence-corrected chi connectivity index (χ4v) is 3.76. The van der Waals surface area contributed by atoms with E-state index >= 15 is 0 Å². The second-order valence-electron chi connectivity index (χ2n) is 8.73. The predicted molar refractivity (Wildman–Crippen MR) is 114 cm³/mol. The van der Waals surface area contributed by atoms with E-state index in [0.717, 1.165) is 37.2 Å². The number of carbonyl (C=O) groups excluding carboxylic acids is 1. The van der Waals surface area contributed by atoms with Crippen molar-refractivity contribution in [2.45, 2.75) is 71.8 Å². The Morgan fingerprint density at radius 3 is 2.54 bits per heavy atom. The number of nitrogens with zero attached hydrogens (tertiary/aromatic N) is 3. The van der Waals surface area contributed by atoms with Gasteiger partial charge in [-0.1, -0.05) is 39.8 Å². The largest absolute Gasteiger partial charge is 0.334 e. The number of aromatic nitrogens is 2. The zero-order valence-electron chi connectivity index (χ0n) is 17.7. The molecule has 0 radical (unpaired) electrons. The van der Waals surface area contributed by atoms with Gasteiger partial charge in [0.05, 0.1) is 0 Å². The van der Waals surface area contributed by atoms with Gasteiger partial charge in [0.2, 0.25) is 5.95 Å². The van der Waals surface area contributed by atoms with Crippen molar-refractivity contribution < 1.29 is 4.79 Å². The lowest BCUT2D eigenvalue weighted by Gasteiger charge is -2.35. The number of piperidine rings is 1. The highest BCUT2D eigenvalue weighted by Gasteiger charge is 2.27. The molecule has 5 nitrogen and oxygen atoms in total. The van der Waals surface area contributed by atoms with E-state index in [1.54, 1.807) is 6.07 Å². The molecule has 2 heterocycles. The second kappa shape index (κ2) is 8.29. The topological polar surface area (TPSA) is 58.1 Å². The average Bonchev–Trinajstić information content (AvgIpc) is 2.66. The molecule has 2 aromatic rings. The van der Waals surface area contributed by atoms with Crippen LogP contribution in [0.15, 0.2) is 30.3 Å². The van der Waals surface area contributed by atoms with Crippen molar-refractivity contribution in [2.75, 3.05) is 11.9 Å². The molecule has 0 spiro atoms. The van der Waals surface area contributed by atoms with Crippen molar-refractivity contribution in [2.24, 2.45) is 0 Å². The number of hydrogen-bond donors (Lipinski definition) is 1. The number of amides is 1. The Balaban J connectivity index is 1.80. The van der Waals surface area contributed by atoms with Crippen LogP contribution in [-0.2, 0) is 5.41 Å². The molecular formula is C23H32N4O. The monoisotopic (exact) mass is 380 g/mol. The molecule has 150 valence electrons. The molecule has 1 aromatic heterocycles. The molecule has 1 amide bonds. The van der Waals surface area contributed by atoms with Gasteiger partial charge in [-0.2, -0.15) is 0 Å². The molecule has 0 saturated carbocycles. The fourth-order valence-electron chi connectivity index (χ4n) is 3.76. The summed E-state index contributed by atoms with van der Waals surface area (Å²) in [5, 5.41) is 3.25. The Hall–Kier alpha value is -2.43. The molecule has 5 heteroatoms. The lowest BCUT2D eigenvalue weighted by Crippen LogP contribution is -2.43. The minimum Gasteiger partial charge on any atom is -0.334 e. The Labute approximate surface area is 168 Å². The third-order valence-corrected chi connectivity index (χ3v) is 5.44. The molecule has 28 heavy (non-hydrogen) atoms. The number of anilines is 2. The predicted octanol–water partition coefficient (Wildman–Crippen LogP) is 5.23. The Morgan fingerprint density at radius 1 is 1.18 bits per heavy atom. The Morgan fingerprint density at radius 2 is 1.89 bits per heavy atom. The highest BCUT2D eigenvalue weighted by molar-refractivity contribution is 5.93. The third-order valence-electron chi connectivity index (χ3n) is 5.44. The van der Waals surface area contributed by atoms with Gasteiger partial charge in [0.15, 0.2) is 0 Å². The van der Waals surface area contributed by atoms with E-state index in [-0.39, 0.29) is 11.3 Å². The molecule has 0 aliphatic carbocycles. The van der Waals surface area contributed by atoms with Crippen molar-refractivity contribution in [3.8, 4) is 0 Å². The van der Waals surface area contributed by atoms with E-state index < -0.39 is 0 Å². The molecule has 1 saturated heterocycles. The first-order valence-corrected chi connectivity index (χ1v) is 10.3. The van der Waals surface area contributed by atoms with Crippen LogP contribution in [-0.4, -0.2) is 33.4 Å². The number of carbonyl (C=O) groups is 1. The molecular weight excluding hydrogens is 348 g/mol. The van der Waals surface area contributed by atoms with Crippen molar-refractivity contribution in [3.63, 3.8) is 0 Å². The number of aryl methyl sites for hydroxylation is 1. The van der Waals surface area contributed by atoms with E-state index in [0.29, 0.717) is 17.7 Å². The van der Waals surface area contributed by atoms with Crippen LogP contribution in [0.25, 0.3) is 0 Å². The SMILES string of the molecule is CCC1CCCCN1C(=O)c1cc(C)nc(Nc2ccc(C(C)(C)C)cc2)n1. The molecule has 1 fully saturated rings. The summed E-state index contributed by atoms with van der Waals surface area (Å²) in [5.74, 6) is 0.486. The quantitative estimate of drug-likeness (QED) is 0.789. The molecule has 1 unspecified atom stereocenters. The van der Waals surface area contributed by atoms with Gasteiger partial charge in [0.25, 0.3) is 5.91 Å². The maximum absolute atomic E-state index is 13.1. The van der Waals surface area contributed by atoms with E-state index in [1.165, 1.54) is 12.0 Å². The summed E-state index contributed by atoms with van der Waals surface area (Å²) in [6.45, 7) is 11.5. The van der Waals surface area contributed by atoms with Gasteiger partial charge >= 0.3 is 0 Å². The maximum atomic E-state index is 13.1. The van der Waals surface area contributed by atoms with E-state index in [4.69, 9.17) is 0 Å². The highest BCUT2D eigenvalue weighted by Crippen LogP contribution is 2.25. The first-order chi connectivity index (χ1) is 13.3. The van der Waals surface area contributed by atoms with Crippen LogP contribution in [0, 0.1) is 6.92 Å². The number of nitrogens with one attached hydrogen (secondary N) is 1. The maximum Gasteiger partial charge on any atom is 0.272 e. The third kappa shape index (κ3) is 4.70. The van der Waals surface area contributed by atoms with Crippen molar-refractivity contribution in [1.82, 2.24) is 14.9 Å². The van der Waals surface area contributed by atoms with Gasteiger partial charge in [0.1, 0.15) is 5.69 Å². The molecule has 1 N–H and O–H groups in total. The molecule has 3 rings (SSSR count). The average molecular weight is 381 g/mol. The lowest BCUT2D eigenvalue weighted by atomic mass is 9.87. The fraction of sp³-hybridized carbons (Fsp3) is 0.522. The summed E-state index contributed by atoms with van der Waals surface area (Å²) in [5.41, 5.74) is 3.57.